The quantitative estimate of drug-likeness (QED) is 0.744. The molecule has 2 nitrogen and oxygen atoms in total. The number of ketones is 1. The number of carbonyl (C=O) groups is 1. The molecule has 90 valence electrons. The van der Waals surface area contributed by atoms with Gasteiger partial charge >= 0.3 is 0 Å². The van der Waals surface area contributed by atoms with Crippen molar-refractivity contribution in [2.75, 3.05) is 0 Å². The summed E-state index contributed by atoms with van der Waals surface area (Å²) in [6.45, 7) is 4.09. The molecular formula is C14H15FO2. The minimum absolute atomic E-state index is 0.0573. The molecule has 1 fully saturated rings. The summed E-state index contributed by atoms with van der Waals surface area (Å²) in [7, 11) is 0. The number of fused-ring (bicyclic) bond motifs is 1. The molecule has 1 heterocycles. The lowest BCUT2D eigenvalue weighted by Gasteiger charge is -2.40. The van der Waals surface area contributed by atoms with Crippen LogP contribution in [-0.4, -0.2) is 11.4 Å². The van der Waals surface area contributed by atoms with E-state index in [0.29, 0.717) is 17.7 Å². The van der Waals surface area contributed by atoms with Gasteiger partial charge in [-0.25, -0.2) is 4.39 Å². The van der Waals surface area contributed by atoms with Crippen molar-refractivity contribution in [3.05, 3.63) is 29.6 Å². The number of halogens is 1. The number of benzene rings is 1. The predicted octanol–water partition coefficient (Wildman–Crippen LogP) is 3.35. The highest BCUT2D eigenvalue weighted by atomic mass is 19.1. The Hall–Kier alpha value is -1.38. The van der Waals surface area contributed by atoms with Crippen LogP contribution in [-0.2, 0) is 0 Å². The third-order valence-corrected chi connectivity index (χ3v) is 4.35. The molecule has 3 heteroatoms. The van der Waals surface area contributed by atoms with Crippen LogP contribution in [0.3, 0.4) is 0 Å². The van der Waals surface area contributed by atoms with E-state index in [2.05, 4.69) is 6.92 Å². The molecule has 1 aromatic rings. The van der Waals surface area contributed by atoms with E-state index in [1.54, 1.807) is 0 Å². The summed E-state index contributed by atoms with van der Waals surface area (Å²) >= 11 is 0. The molecule has 0 aromatic heterocycles. The van der Waals surface area contributed by atoms with Crippen molar-refractivity contribution in [3.63, 3.8) is 0 Å². The van der Waals surface area contributed by atoms with Crippen molar-refractivity contribution in [2.45, 2.75) is 38.7 Å². The summed E-state index contributed by atoms with van der Waals surface area (Å²) in [4.78, 5) is 12.1. The molecule has 17 heavy (non-hydrogen) atoms. The van der Waals surface area contributed by atoms with Gasteiger partial charge < -0.3 is 4.74 Å². The van der Waals surface area contributed by atoms with E-state index in [9.17, 15) is 9.18 Å². The number of rotatable bonds is 1. The summed E-state index contributed by atoms with van der Waals surface area (Å²) in [5.41, 5.74) is 0.0884. The van der Waals surface area contributed by atoms with E-state index in [1.807, 2.05) is 6.92 Å². The van der Waals surface area contributed by atoms with Crippen molar-refractivity contribution < 1.29 is 13.9 Å². The van der Waals surface area contributed by atoms with E-state index in [4.69, 9.17) is 4.74 Å². The average molecular weight is 234 g/mol. The topological polar surface area (TPSA) is 26.3 Å². The summed E-state index contributed by atoms with van der Waals surface area (Å²) in [6.07, 6.45) is 2.53. The Morgan fingerprint density at radius 3 is 2.65 bits per heavy atom. The standard InChI is InChI=1S/C14H15FO2/c1-13(5-6-13)14(2)8-11(16)10-4-3-9(15)7-12(10)17-14/h3-4,7H,5-6,8H2,1-2H3. The molecule has 1 saturated carbocycles. The van der Waals surface area contributed by atoms with Crippen LogP contribution in [0.5, 0.6) is 5.75 Å². The van der Waals surface area contributed by atoms with E-state index in [1.165, 1.54) is 18.2 Å². The molecule has 1 aromatic carbocycles. The minimum Gasteiger partial charge on any atom is -0.486 e. The molecule has 1 aliphatic heterocycles. The fourth-order valence-corrected chi connectivity index (χ4v) is 2.54. The number of ether oxygens (including phenoxy) is 1. The van der Waals surface area contributed by atoms with Crippen LogP contribution >= 0.6 is 0 Å². The first-order valence-corrected chi connectivity index (χ1v) is 5.95. The average Bonchev–Trinajstić information content (AvgIpc) is 2.97. The smallest absolute Gasteiger partial charge is 0.170 e. The van der Waals surface area contributed by atoms with Crippen LogP contribution in [0.15, 0.2) is 18.2 Å². The van der Waals surface area contributed by atoms with Crippen molar-refractivity contribution in [2.24, 2.45) is 5.41 Å². The second kappa shape index (κ2) is 3.09. The van der Waals surface area contributed by atoms with Crippen LogP contribution in [0.1, 0.15) is 43.5 Å². The van der Waals surface area contributed by atoms with Crippen LogP contribution in [0.2, 0.25) is 0 Å². The minimum atomic E-state index is -0.481. The maximum Gasteiger partial charge on any atom is 0.170 e. The third kappa shape index (κ3) is 1.48. The van der Waals surface area contributed by atoms with Gasteiger partial charge in [0.25, 0.3) is 0 Å². The van der Waals surface area contributed by atoms with Crippen LogP contribution in [0, 0.1) is 11.2 Å². The SMILES string of the molecule is CC1(C2(C)CC(=O)c3ccc(F)cc3O2)CC1. The lowest BCUT2D eigenvalue weighted by molar-refractivity contribution is 0.00399. The Bertz CT molecular complexity index is 505. The van der Waals surface area contributed by atoms with E-state index < -0.39 is 5.60 Å². The monoisotopic (exact) mass is 234 g/mol. The first kappa shape index (κ1) is 10.8. The highest BCUT2D eigenvalue weighted by Crippen LogP contribution is 2.58. The summed E-state index contributed by atoms with van der Waals surface area (Å²) in [6, 6.07) is 4.14. The number of carbonyl (C=O) groups excluding carboxylic acids is 1. The zero-order valence-electron chi connectivity index (χ0n) is 10.0. The second-order valence-corrected chi connectivity index (χ2v) is 5.63. The van der Waals surface area contributed by atoms with Gasteiger partial charge in [0.15, 0.2) is 5.78 Å². The van der Waals surface area contributed by atoms with Crippen LogP contribution < -0.4 is 4.74 Å². The zero-order chi connectivity index (χ0) is 12.3. The highest BCUT2D eigenvalue weighted by molar-refractivity contribution is 6.00. The Morgan fingerprint density at radius 2 is 2.00 bits per heavy atom. The van der Waals surface area contributed by atoms with Crippen molar-refractivity contribution in [1.29, 1.82) is 0 Å². The normalized spacial score (nSPS) is 29.5. The number of Topliss-reactive ketones (excluding diaryl/α,β-unsaturated/α-hetero) is 1. The molecule has 0 spiro atoms. The van der Waals surface area contributed by atoms with Gasteiger partial charge in [0, 0.05) is 11.5 Å². The summed E-state index contributed by atoms with van der Waals surface area (Å²) in [5, 5.41) is 0. The van der Waals surface area contributed by atoms with Gasteiger partial charge in [0.1, 0.15) is 17.2 Å². The lowest BCUT2D eigenvalue weighted by Crippen LogP contribution is -2.46. The molecule has 3 rings (SSSR count). The van der Waals surface area contributed by atoms with Gasteiger partial charge in [-0.15, -0.1) is 0 Å². The van der Waals surface area contributed by atoms with E-state index in [-0.39, 0.29) is 17.0 Å². The summed E-state index contributed by atoms with van der Waals surface area (Å²) < 4.78 is 19.1. The Balaban J connectivity index is 2.05. The Kier molecular flexibility index (Phi) is 1.96. The largest absolute Gasteiger partial charge is 0.486 e. The maximum atomic E-state index is 13.2. The lowest BCUT2D eigenvalue weighted by atomic mass is 9.80. The number of hydrogen-bond donors (Lipinski definition) is 0. The van der Waals surface area contributed by atoms with Gasteiger partial charge in [-0.05, 0) is 31.9 Å². The molecule has 2 aliphatic rings. The van der Waals surface area contributed by atoms with Gasteiger partial charge in [0.2, 0.25) is 0 Å². The molecule has 1 unspecified atom stereocenters. The van der Waals surface area contributed by atoms with Crippen molar-refractivity contribution >= 4 is 5.78 Å². The van der Waals surface area contributed by atoms with Crippen molar-refractivity contribution in [3.8, 4) is 5.75 Å². The predicted molar refractivity (Wildman–Crippen MR) is 61.7 cm³/mol. The first-order valence-electron chi connectivity index (χ1n) is 5.95. The Morgan fingerprint density at radius 1 is 1.29 bits per heavy atom. The van der Waals surface area contributed by atoms with Crippen LogP contribution in [0.4, 0.5) is 4.39 Å². The molecule has 0 amide bonds. The van der Waals surface area contributed by atoms with Gasteiger partial charge in [-0.2, -0.15) is 0 Å². The molecular weight excluding hydrogens is 219 g/mol. The molecule has 1 aliphatic carbocycles. The second-order valence-electron chi connectivity index (χ2n) is 5.63. The van der Waals surface area contributed by atoms with Gasteiger partial charge in [-0.3, -0.25) is 4.79 Å². The maximum absolute atomic E-state index is 13.2. The van der Waals surface area contributed by atoms with E-state index >= 15 is 0 Å². The van der Waals surface area contributed by atoms with E-state index in [0.717, 1.165) is 12.8 Å². The Labute approximate surface area is 99.8 Å². The van der Waals surface area contributed by atoms with Crippen molar-refractivity contribution in [1.82, 2.24) is 0 Å². The molecule has 0 bridgehead atoms. The number of hydrogen-bond acceptors (Lipinski definition) is 2. The molecule has 1 atom stereocenters. The highest BCUT2D eigenvalue weighted by Gasteiger charge is 2.57. The molecule has 0 radical (unpaired) electrons. The fourth-order valence-electron chi connectivity index (χ4n) is 2.54. The van der Waals surface area contributed by atoms with Gasteiger partial charge in [-0.1, -0.05) is 6.92 Å². The van der Waals surface area contributed by atoms with Crippen LogP contribution in [0.25, 0.3) is 0 Å². The molecule has 0 saturated heterocycles. The van der Waals surface area contributed by atoms with Gasteiger partial charge in [0.05, 0.1) is 12.0 Å². The zero-order valence-corrected chi connectivity index (χ0v) is 10.0. The summed E-state index contributed by atoms with van der Waals surface area (Å²) in [5.74, 6) is 0.0977. The fraction of sp³-hybridized carbons (Fsp3) is 0.500. The molecule has 0 N–H and O–H groups in total. The third-order valence-electron chi connectivity index (χ3n) is 4.35. The first-order chi connectivity index (χ1) is 7.94.